The second-order valence-corrected chi connectivity index (χ2v) is 5.34. The third kappa shape index (κ3) is 1.99. The summed E-state index contributed by atoms with van der Waals surface area (Å²) in [5.41, 5.74) is 3.33. The molecular formula is C18H12N2O3. The van der Waals surface area contributed by atoms with Crippen LogP contribution >= 0.6 is 0 Å². The molecule has 0 bridgehead atoms. The monoisotopic (exact) mass is 304 g/mol. The van der Waals surface area contributed by atoms with Crippen LogP contribution in [0.2, 0.25) is 0 Å². The van der Waals surface area contributed by atoms with E-state index in [9.17, 15) is 15.1 Å². The second kappa shape index (κ2) is 4.80. The minimum Gasteiger partial charge on any atom is -0.492 e. The van der Waals surface area contributed by atoms with E-state index in [4.69, 9.17) is 0 Å². The molecule has 2 aromatic heterocycles. The molecule has 0 spiro atoms. The molecule has 0 fully saturated rings. The largest absolute Gasteiger partial charge is 0.492 e. The van der Waals surface area contributed by atoms with E-state index in [2.05, 4.69) is 4.98 Å². The molecule has 0 aliphatic heterocycles. The molecule has 23 heavy (non-hydrogen) atoms. The molecule has 0 aliphatic carbocycles. The Balaban J connectivity index is 1.87. The van der Waals surface area contributed by atoms with Crippen LogP contribution in [0.1, 0.15) is 11.1 Å². The summed E-state index contributed by atoms with van der Waals surface area (Å²) in [4.78, 5) is 14.6. The van der Waals surface area contributed by atoms with Gasteiger partial charge in [-0.15, -0.1) is 0 Å². The lowest BCUT2D eigenvalue weighted by Gasteiger charge is -2.05. The summed E-state index contributed by atoms with van der Waals surface area (Å²) in [7, 11) is 0. The summed E-state index contributed by atoms with van der Waals surface area (Å²) in [6.45, 7) is 0. The van der Waals surface area contributed by atoms with Crippen LogP contribution in [0.25, 0.3) is 27.4 Å². The van der Waals surface area contributed by atoms with Gasteiger partial charge < -0.3 is 15.3 Å². The molecule has 0 aliphatic rings. The molecule has 0 amide bonds. The van der Waals surface area contributed by atoms with Crippen LogP contribution in [0, 0.1) is 0 Å². The fourth-order valence-corrected chi connectivity index (χ4v) is 2.84. The molecule has 0 saturated heterocycles. The topological polar surface area (TPSA) is 78.2 Å². The first-order valence-corrected chi connectivity index (χ1v) is 7.04. The van der Waals surface area contributed by atoms with E-state index in [0.29, 0.717) is 26.8 Å². The van der Waals surface area contributed by atoms with Crippen molar-refractivity contribution in [2.75, 3.05) is 0 Å². The number of hydrogen-bond acceptors (Lipinski definition) is 3. The number of aromatic hydroxyl groups is 1. The third-order valence-electron chi connectivity index (χ3n) is 3.99. The van der Waals surface area contributed by atoms with Gasteiger partial charge in [-0.05, 0) is 46.8 Å². The predicted octanol–water partition coefficient (Wildman–Crippen LogP) is 3.33. The van der Waals surface area contributed by atoms with Crippen LogP contribution in [0.3, 0.4) is 0 Å². The van der Waals surface area contributed by atoms with E-state index >= 15 is 0 Å². The number of H-pyrrole nitrogens is 1. The smallest absolute Gasteiger partial charge is 0.225 e. The first-order valence-electron chi connectivity index (χ1n) is 7.04. The fourth-order valence-electron chi connectivity index (χ4n) is 2.84. The first kappa shape index (κ1) is 13.2. The molecule has 0 unspecified atom stereocenters. The summed E-state index contributed by atoms with van der Waals surface area (Å²) < 4.78 is 0.704. The Labute approximate surface area is 130 Å². The molecular weight excluding hydrogens is 292 g/mol. The lowest BCUT2D eigenvalue weighted by atomic mass is 9.97. The van der Waals surface area contributed by atoms with Crippen LogP contribution in [-0.2, 0) is 4.79 Å². The SMILES string of the molecule is O=C=C(c1ccc2[nH]ccc2c1)c1ccc2c(c1)cc(O)n2O. The van der Waals surface area contributed by atoms with E-state index < -0.39 is 0 Å². The molecule has 0 atom stereocenters. The summed E-state index contributed by atoms with van der Waals surface area (Å²) in [5, 5.41) is 20.9. The number of nitrogens with one attached hydrogen (secondary N) is 1. The average molecular weight is 304 g/mol. The van der Waals surface area contributed by atoms with Crippen molar-refractivity contribution in [2.24, 2.45) is 0 Å². The molecule has 4 aromatic rings. The van der Waals surface area contributed by atoms with Crippen molar-refractivity contribution in [1.82, 2.24) is 9.71 Å². The van der Waals surface area contributed by atoms with Crippen molar-refractivity contribution < 1.29 is 15.1 Å². The number of aromatic nitrogens is 2. The molecule has 0 saturated carbocycles. The van der Waals surface area contributed by atoms with Crippen LogP contribution < -0.4 is 0 Å². The van der Waals surface area contributed by atoms with Gasteiger partial charge in [-0.3, -0.25) is 0 Å². The maximum Gasteiger partial charge on any atom is 0.225 e. The van der Waals surface area contributed by atoms with Crippen LogP contribution in [0.5, 0.6) is 5.88 Å². The standard InChI is InChI=1S/C18H12N2O3/c21-10-15(11-1-3-16-13(7-11)5-6-19-16)12-2-4-17-14(8-12)9-18(22)20(17)23/h1-9,19,22-23H. The Bertz CT molecular complexity index is 1100. The quantitative estimate of drug-likeness (QED) is 0.392. The molecule has 4 rings (SSSR count). The normalized spacial score (nSPS) is 11.0. The minimum atomic E-state index is -0.248. The van der Waals surface area contributed by atoms with Crippen molar-refractivity contribution >= 4 is 33.3 Å². The lowest BCUT2D eigenvalue weighted by Crippen LogP contribution is -1.91. The summed E-state index contributed by atoms with van der Waals surface area (Å²) in [6.07, 6.45) is 1.84. The number of fused-ring (bicyclic) bond motifs is 2. The Morgan fingerprint density at radius 2 is 1.74 bits per heavy atom. The number of carbonyl (C=O) groups excluding carboxylic acids is 1. The maximum absolute atomic E-state index is 11.5. The van der Waals surface area contributed by atoms with Gasteiger partial charge in [0, 0.05) is 23.2 Å². The van der Waals surface area contributed by atoms with Crippen LogP contribution in [0.4, 0.5) is 0 Å². The highest BCUT2D eigenvalue weighted by Crippen LogP contribution is 2.29. The van der Waals surface area contributed by atoms with E-state index in [0.717, 1.165) is 16.5 Å². The highest BCUT2D eigenvalue weighted by Gasteiger charge is 2.12. The zero-order valence-corrected chi connectivity index (χ0v) is 11.9. The van der Waals surface area contributed by atoms with Gasteiger partial charge in [0.1, 0.15) is 5.94 Å². The average Bonchev–Trinajstić information content (AvgIpc) is 3.13. The third-order valence-corrected chi connectivity index (χ3v) is 3.99. The highest BCUT2D eigenvalue weighted by atomic mass is 16.5. The molecule has 2 aromatic carbocycles. The minimum absolute atomic E-state index is 0.248. The van der Waals surface area contributed by atoms with Crippen molar-refractivity contribution in [3.05, 3.63) is 65.9 Å². The van der Waals surface area contributed by atoms with E-state index in [1.165, 1.54) is 6.07 Å². The first-order chi connectivity index (χ1) is 11.2. The van der Waals surface area contributed by atoms with Gasteiger partial charge in [0.25, 0.3) is 0 Å². The van der Waals surface area contributed by atoms with Gasteiger partial charge in [-0.2, -0.15) is 4.73 Å². The van der Waals surface area contributed by atoms with Crippen molar-refractivity contribution in [3.8, 4) is 5.88 Å². The zero-order chi connectivity index (χ0) is 16.0. The Hall–Kier alpha value is -3.43. The maximum atomic E-state index is 11.5. The predicted molar refractivity (Wildman–Crippen MR) is 87.3 cm³/mol. The molecule has 3 N–H and O–H groups in total. The van der Waals surface area contributed by atoms with Gasteiger partial charge in [0.05, 0.1) is 11.1 Å². The number of rotatable bonds is 2. The van der Waals surface area contributed by atoms with Crippen LogP contribution in [-0.4, -0.2) is 26.0 Å². The fraction of sp³-hybridized carbons (Fsp3) is 0. The number of benzene rings is 2. The molecule has 5 nitrogen and oxygen atoms in total. The summed E-state index contributed by atoms with van der Waals surface area (Å²) in [5.74, 6) is 1.75. The van der Waals surface area contributed by atoms with E-state index in [1.807, 2.05) is 36.4 Å². The number of hydrogen-bond donors (Lipinski definition) is 3. The molecule has 0 radical (unpaired) electrons. The van der Waals surface area contributed by atoms with Gasteiger partial charge in [0.2, 0.25) is 5.88 Å². The number of nitrogens with zero attached hydrogens (tertiary/aromatic N) is 1. The lowest BCUT2D eigenvalue weighted by molar-refractivity contribution is 0.167. The Morgan fingerprint density at radius 3 is 2.52 bits per heavy atom. The van der Waals surface area contributed by atoms with E-state index in [1.54, 1.807) is 18.2 Å². The van der Waals surface area contributed by atoms with Crippen molar-refractivity contribution in [3.63, 3.8) is 0 Å². The van der Waals surface area contributed by atoms with E-state index in [-0.39, 0.29) is 5.88 Å². The highest BCUT2D eigenvalue weighted by molar-refractivity contribution is 6.01. The molecule has 2 heterocycles. The van der Waals surface area contributed by atoms with Gasteiger partial charge >= 0.3 is 0 Å². The summed E-state index contributed by atoms with van der Waals surface area (Å²) >= 11 is 0. The van der Waals surface area contributed by atoms with Crippen LogP contribution in [0.15, 0.2) is 54.7 Å². The Morgan fingerprint density at radius 1 is 1.00 bits per heavy atom. The van der Waals surface area contributed by atoms with Gasteiger partial charge in [-0.1, -0.05) is 12.1 Å². The molecule has 5 heteroatoms. The second-order valence-electron chi connectivity index (χ2n) is 5.34. The van der Waals surface area contributed by atoms with Gasteiger partial charge in [-0.25, -0.2) is 4.79 Å². The van der Waals surface area contributed by atoms with Crippen molar-refractivity contribution in [1.29, 1.82) is 0 Å². The van der Waals surface area contributed by atoms with Crippen molar-refractivity contribution in [2.45, 2.75) is 0 Å². The summed E-state index contributed by atoms with van der Waals surface area (Å²) in [6, 6.07) is 14.2. The number of aromatic amines is 1. The Kier molecular flexibility index (Phi) is 2.76. The molecule has 112 valence electrons. The zero-order valence-electron chi connectivity index (χ0n) is 11.9. The van der Waals surface area contributed by atoms with Gasteiger partial charge in [0.15, 0.2) is 0 Å².